The molecule has 4 aliphatic rings. The Morgan fingerprint density at radius 2 is 1.55 bits per heavy atom. The summed E-state index contributed by atoms with van der Waals surface area (Å²) in [7, 11) is 4.23. The average molecular weight is 684 g/mol. The molecule has 0 unspecified atom stereocenters. The van der Waals surface area contributed by atoms with Crippen LogP contribution in [-0.2, 0) is 14.2 Å². The van der Waals surface area contributed by atoms with Crippen LogP contribution in [0.1, 0.15) is 157 Å². The average Bonchev–Trinajstić information content (AvgIpc) is 3.43. The maximum atomic E-state index is 6.56. The van der Waals surface area contributed by atoms with Gasteiger partial charge in [-0.1, -0.05) is 110 Å². The molecule has 0 aromatic carbocycles. The fourth-order valence-electron chi connectivity index (χ4n) is 11.1. The Kier molecular flexibility index (Phi) is 17.2. The highest BCUT2D eigenvalue weighted by atomic mass is 16.5. The van der Waals surface area contributed by atoms with Crippen molar-refractivity contribution in [1.82, 2.24) is 4.90 Å². The van der Waals surface area contributed by atoms with Gasteiger partial charge in [-0.15, -0.1) is 0 Å². The van der Waals surface area contributed by atoms with Crippen LogP contribution in [0.2, 0.25) is 0 Å². The monoisotopic (exact) mass is 684 g/mol. The summed E-state index contributed by atoms with van der Waals surface area (Å²) in [5.74, 6) is 5.50. The van der Waals surface area contributed by atoms with Gasteiger partial charge in [-0.3, -0.25) is 0 Å². The first-order valence-corrected chi connectivity index (χ1v) is 21.4. The van der Waals surface area contributed by atoms with Gasteiger partial charge in [0.15, 0.2) is 0 Å². The summed E-state index contributed by atoms with van der Waals surface area (Å²) in [6, 6.07) is 0.320. The molecule has 0 N–H and O–H groups in total. The predicted molar refractivity (Wildman–Crippen MR) is 209 cm³/mol. The lowest BCUT2D eigenvalue weighted by Gasteiger charge is -2.58. The molecule has 0 saturated heterocycles. The van der Waals surface area contributed by atoms with E-state index in [0.717, 1.165) is 74.8 Å². The lowest BCUT2D eigenvalue weighted by atomic mass is 9.47. The fraction of sp³-hybridized carbons (Fsp3) is 0.911. The molecule has 0 aliphatic heterocycles. The standard InChI is InChI=1S/C45H81NO3/c1-9-10-15-29-47-33-38(46(7)8)34-48-30-16-13-11-12-14-17-31-49-39-25-27-44(5)37(32-39)21-22-40-42-24-23-41(36(4)20-18-19-35(2)3)45(42,6)28-26-43(40)44/h10,15,21,35-36,38-43H,9,11-14,16-20,22-34H2,1-8H3/b15-10-/t36-,38+,39+,40+,41-,42+,43+,44+,45-/m1/s1. The van der Waals surface area contributed by atoms with Gasteiger partial charge in [0.25, 0.3) is 0 Å². The molecule has 3 saturated carbocycles. The summed E-state index contributed by atoms with van der Waals surface area (Å²) in [6.45, 7) is 18.9. The molecule has 0 bridgehead atoms. The third-order valence-corrected chi connectivity index (χ3v) is 14.3. The molecule has 0 amide bonds. The van der Waals surface area contributed by atoms with Crippen molar-refractivity contribution in [3.8, 4) is 0 Å². The zero-order valence-corrected chi connectivity index (χ0v) is 33.8. The molecule has 4 rings (SSSR count). The second-order valence-electron chi connectivity index (χ2n) is 18.3. The molecular weight excluding hydrogens is 602 g/mol. The van der Waals surface area contributed by atoms with Gasteiger partial charge >= 0.3 is 0 Å². The third-order valence-electron chi connectivity index (χ3n) is 14.3. The summed E-state index contributed by atoms with van der Waals surface area (Å²) in [5.41, 5.74) is 2.80. The van der Waals surface area contributed by atoms with E-state index < -0.39 is 0 Å². The summed E-state index contributed by atoms with van der Waals surface area (Å²) in [5, 5.41) is 0. The van der Waals surface area contributed by atoms with Gasteiger partial charge in [0, 0.05) is 13.2 Å². The lowest BCUT2D eigenvalue weighted by Crippen LogP contribution is -2.51. The van der Waals surface area contributed by atoms with Crippen molar-refractivity contribution in [3.63, 3.8) is 0 Å². The number of hydrogen-bond acceptors (Lipinski definition) is 4. The zero-order valence-electron chi connectivity index (χ0n) is 33.8. The second kappa shape index (κ2) is 20.5. The smallest absolute Gasteiger partial charge is 0.0648 e. The maximum Gasteiger partial charge on any atom is 0.0648 e. The molecule has 4 nitrogen and oxygen atoms in total. The fourth-order valence-corrected chi connectivity index (χ4v) is 11.1. The first-order valence-electron chi connectivity index (χ1n) is 21.4. The van der Waals surface area contributed by atoms with Crippen LogP contribution in [0.4, 0.5) is 0 Å². The summed E-state index contributed by atoms with van der Waals surface area (Å²) >= 11 is 0. The minimum atomic E-state index is 0.320. The minimum absolute atomic E-state index is 0.320. The van der Waals surface area contributed by atoms with E-state index in [4.69, 9.17) is 14.2 Å². The molecule has 284 valence electrons. The number of unbranched alkanes of at least 4 members (excludes halogenated alkanes) is 5. The van der Waals surface area contributed by atoms with Crippen LogP contribution in [0.5, 0.6) is 0 Å². The van der Waals surface area contributed by atoms with Crippen molar-refractivity contribution in [2.45, 2.75) is 169 Å². The number of fused-ring (bicyclic) bond motifs is 5. The van der Waals surface area contributed by atoms with E-state index in [2.05, 4.69) is 78.8 Å². The van der Waals surface area contributed by atoms with Crippen LogP contribution in [0.15, 0.2) is 23.8 Å². The van der Waals surface area contributed by atoms with E-state index in [1.807, 2.05) is 0 Å². The summed E-state index contributed by atoms with van der Waals surface area (Å²) in [4.78, 5) is 2.21. The highest BCUT2D eigenvalue weighted by molar-refractivity contribution is 5.25. The van der Waals surface area contributed by atoms with Gasteiger partial charge in [-0.25, -0.2) is 0 Å². The van der Waals surface area contributed by atoms with Gasteiger partial charge in [-0.05, 0) is 131 Å². The van der Waals surface area contributed by atoms with Gasteiger partial charge in [0.2, 0.25) is 0 Å². The number of nitrogens with zero attached hydrogens (tertiary/aromatic N) is 1. The quantitative estimate of drug-likeness (QED) is 0.0792. The van der Waals surface area contributed by atoms with Crippen molar-refractivity contribution in [2.75, 3.05) is 47.1 Å². The van der Waals surface area contributed by atoms with Crippen LogP contribution in [0.25, 0.3) is 0 Å². The number of hydrogen-bond donors (Lipinski definition) is 0. The molecule has 0 aromatic heterocycles. The van der Waals surface area contributed by atoms with E-state index in [1.54, 1.807) is 5.57 Å². The van der Waals surface area contributed by atoms with E-state index in [-0.39, 0.29) is 0 Å². The lowest BCUT2D eigenvalue weighted by molar-refractivity contribution is -0.0641. The van der Waals surface area contributed by atoms with Crippen molar-refractivity contribution < 1.29 is 14.2 Å². The molecule has 4 aliphatic carbocycles. The van der Waals surface area contributed by atoms with Crippen molar-refractivity contribution >= 4 is 0 Å². The summed E-state index contributed by atoms with van der Waals surface area (Å²) in [6.07, 6.45) is 31.5. The molecule has 0 spiro atoms. The molecule has 0 radical (unpaired) electrons. The number of likely N-dealkylation sites (N-methyl/N-ethyl adjacent to an activating group) is 1. The Morgan fingerprint density at radius 3 is 2.29 bits per heavy atom. The van der Waals surface area contributed by atoms with E-state index in [9.17, 15) is 0 Å². The molecule has 9 atom stereocenters. The van der Waals surface area contributed by atoms with E-state index in [1.165, 1.54) is 103 Å². The Labute approximate surface area is 304 Å². The second-order valence-corrected chi connectivity index (χ2v) is 18.3. The SMILES string of the molecule is CC/C=C\COC[C@@H](COCCCCCCCCO[C@H]1CC[C@@]2(C)C(=CC[C@H]3[C@@H]4CC[C@H]([C@H](C)CCCC(C)C)[C@@]4(C)CC[C@@H]32)C1)N(C)C. The van der Waals surface area contributed by atoms with Gasteiger partial charge in [-0.2, -0.15) is 0 Å². The molecular formula is C45H81NO3. The predicted octanol–water partition coefficient (Wildman–Crippen LogP) is 11.7. The molecule has 0 aromatic rings. The number of rotatable bonds is 23. The van der Waals surface area contributed by atoms with Crippen LogP contribution < -0.4 is 0 Å². The molecule has 4 heteroatoms. The maximum absolute atomic E-state index is 6.56. The van der Waals surface area contributed by atoms with Crippen LogP contribution >= 0.6 is 0 Å². The Hall–Kier alpha value is -0.680. The van der Waals surface area contributed by atoms with Crippen molar-refractivity contribution in [2.24, 2.45) is 46.3 Å². The van der Waals surface area contributed by atoms with E-state index in [0.29, 0.717) is 29.6 Å². The van der Waals surface area contributed by atoms with Crippen molar-refractivity contribution in [3.05, 3.63) is 23.8 Å². The number of ether oxygens (including phenoxy) is 3. The largest absolute Gasteiger partial charge is 0.380 e. The zero-order chi connectivity index (χ0) is 35.3. The first-order chi connectivity index (χ1) is 23.6. The highest BCUT2D eigenvalue weighted by Gasteiger charge is 2.59. The number of allylic oxidation sites excluding steroid dienone is 2. The van der Waals surface area contributed by atoms with Gasteiger partial charge in [0.1, 0.15) is 0 Å². The molecule has 0 heterocycles. The van der Waals surface area contributed by atoms with Gasteiger partial charge < -0.3 is 19.1 Å². The van der Waals surface area contributed by atoms with Gasteiger partial charge in [0.05, 0.1) is 32.0 Å². The Bertz CT molecular complexity index is 990. The van der Waals surface area contributed by atoms with E-state index >= 15 is 0 Å². The Morgan fingerprint density at radius 1 is 0.816 bits per heavy atom. The first kappa shape index (κ1) is 41.1. The van der Waals surface area contributed by atoms with Crippen LogP contribution in [0.3, 0.4) is 0 Å². The van der Waals surface area contributed by atoms with Crippen molar-refractivity contribution in [1.29, 1.82) is 0 Å². The van der Waals surface area contributed by atoms with Crippen LogP contribution in [-0.4, -0.2) is 64.2 Å². The Balaban J connectivity index is 1.08. The molecule has 3 fully saturated rings. The third kappa shape index (κ3) is 11.4. The normalized spacial score (nSPS) is 32.7. The highest BCUT2D eigenvalue weighted by Crippen LogP contribution is 2.67. The topological polar surface area (TPSA) is 30.9 Å². The minimum Gasteiger partial charge on any atom is -0.380 e. The molecule has 49 heavy (non-hydrogen) atoms. The summed E-state index contributed by atoms with van der Waals surface area (Å²) < 4.78 is 18.4. The van der Waals surface area contributed by atoms with Crippen LogP contribution in [0, 0.1) is 46.3 Å².